The fourth-order valence-electron chi connectivity index (χ4n) is 1.42. The molecule has 0 fully saturated rings. The fraction of sp³-hybridized carbons (Fsp3) is 0.0714. The maximum absolute atomic E-state index is 12.7. The molecule has 0 spiro atoms. The third kappa shape index (κ3) is 3.40. The lowest BCUT2D eigenvalue weighted by Crippen LogP contribution is -2.23. The Labute approximate surface area is 104 Å². The maximum Gasteiger partial charge on any atom is 0.274 e. The van der Waals surface area contributed by atoms with Gasteiger partial charge in [-0.2, -0.15) is 0 Å². The maximum atomic E-state index is 12.7. The zero-order valence-corrected chi connectivity index (χ0v) is 9.60. The van der Waals surface area contributed by atoms with Gasteiger partial charge in [-0.3, -0.25) is 9.63 Å². The highest BCUT2D eigenvalue weighted by Gasteiger charge is 2.04. The molecule has 0 saturated carbocycles. The molecule has 0 bridgehead atoms. The largest absolute Gasteiger partial charge is 0.274 e. The number of halogens is 1. The Morgan fingerprint density at radius 3 is 2.39 bits per heavy atom. The first-order valence-corrected chi connectivity index (χ1v) is 5.47. The summed E-state index contributed by atoms with van der Waals surface area (Å²) in [7, 11) is 0. The van der Waals surface area contributed by atoms with Gasteiger partial charge in [0.25, 0.3) is 5.91 Å². The summed E-state index contributed by atoms with van der Waals surface area (Å²) in [4.78, 5) is 16.7. The van der Waals surface area contributed by atoms with Crippen molar-refractivity contribution in [3.05, 3.63) is 71.5 Å². The van der Waals surface area contributed by atoms with Gasteiger partial charge >= 0.3 is 0 Å². The zero-order chi connectivity index (χ0) is 12.8. The van der Waals surface area contributed by atoms with E-state index < -0.39 is 5.91 Å². The fourth-order valence-corrected chi connectivity index (χ4v) is 1.42. The second-order valence-electron chi connectivity index (χ2n) is 3.71. The minimum atomic E-state index is -0.397. The minimum absolute atomic E-state index is 0.285. The quantitative estimate of drug-likeness (QED) is 0.841. The van der Waals surface area contributed by atoms with Crippen LogP contribution in [0.4, 0.5) is 4.39 Å². The van der Waals surface area contributed by atoms with Crippen LogP contribution >= 0.6 is 0 Å². The van der Waals surface area contributed by atoms with Crippen LogP contribution in [0.2, 0.25) is 0 Å². The van der Waals surface area contributed by atoms with Crippen molar-refractivity contribution in [3.63, 3.8) is 0 Å². The van der Waals surface area contributed by atoms with Crippen LogP contribution < -0.4 is 5.48 Å². The summed E-state index contributed by atoms with van der Waals surface area (Å²) in [5.74, 6) is -0.775. The number of benzene rings is 2. The Hall–Kier alpha value is -2.20. The van der Waals surface area contributed by atoms with Crippen molar-refractivity contribution in [1.29, 1.82) is 0 Å². The molecule has 2 rings (SSSR count). The Morgan fingerprint density at radius 2 is 1.72 bits per heavy atom. The van der Waals surface area contributed by atoms with Gasteiger partial charge in [-0.25, -0.2) is 9.87 Å². The van der Waals surface area contributed by atoms with Crippen molar-refractivity contribution >= 4 is 5.91 Å². The highest BCUT2D eigenvalue weighted by Crippen LogP contribution is 2.03. The second kappa shape index (κ2) is 5.93. The Morgan fingerprint density at radius 1 is 1.06 bits per heavy atom. The third-order valence-corrected chi connectivity index (χ3v) is 2.35. The standard InChI is InChI=1S/C14H12FNO2/c15-13-8-6-12(7-9-13)14(17)16-18-10-11-4-2-1-3-5-11/h1-9H,10H2,(H,16,17). The average molecular weight is 245 g/mol. The summed E-state index contributed by atoms with van der Waals surface area (Å²) in [5.41, 5.74) is 3.61. The topological polar surface area (TPSA) is 38.3 Å². The predicted molar refractivity (Wildman–Crippen MR) is 65.1 cm³/mol. The van der Waals surface area contributed by atoms with E-state index in [-0.39, 0.29) is 12.4 Å². The lowest BCUT2D eigenvalue weighted by atomic mass is 10.2. The van der Waals surface area contributed by atoms with Crippen molar-refractivity contribution in [2.75, 3.05) is 0 Å². The summed E-state index contributed by atoms with van der Waals surface area (Å²) in [6.45, 7) is 0.285. The number of hydroxylamine groups is 1. The zero-order valence-electron chi connectivity index (χ0n) is 9.60. The summed E-state index contributed by atoms with van der Waals surface area (Å²) in [5, 5.41) is 0. The van der Waals surface area contributed by atoms with Crippen molar-refractivity contribution in [3.8, 4) is 0 Å². The van der Waals surface area contributed by atoms with Crippen LogP contribution in [0.25, 0.3) is 0 Å². The van der Waals surface area contributed by atoms with Crippen LogP contribution in [0.15, 0.2) is 54.6 Å². The van der Waals surface area contributed by atoms with Crippen molar-refractivity contribution < 1.29 is 14.0 Å². The predicted octanol–water partition coefficient (Wildman–Crippen LogP) is 2.69. The van der Waals surface area contributed by atoms with E-state index in [1.54, 1.807) is 0 Å². The Balaban J connectivity index is 1.84. The van der Waals surface area contributed by atoms with Crippen LogP contribution in [-0.2, 0) is 11.4 Å². The van der Waals surface area contributed by atoms with E-state index in [2.05, 4.69) is 5.48 Å². The van der Waals surface area contributed by atoms with Gasteiger partial charge in [-0.15, -0.1) is 0 Å². The average Bonchev–Trinajstić information content (AvgIpc) is 2.40. The van der Waals surface area contributed by atoms with Crippen LogP contribution in [0.3, 0.4) is 0 Å². The van der Waals surface area contributed by atoms with E-state index >= 15 is 0 Å². The van der Waals surface area contributed by atoms with E-state index in [1.165, 1.54) is 24.3 Å². The lowest BCUT2D eigenvalue weighted by Gasteiger charge is -2.05. The molecule has 3 nitrogen and oxygen atoms in total. The molecule has 0 heterocycles. The molecule has 18 heavy (non-hydrogen) atoms. The molecule has 0 unspecified atom stereocenters. The van der Waals surface area contributed by atoms with Crippen LogP contribution in [0, 0.1) is 5.82 Å². The van der Waals surface area contributed by atoms with Crippen molar-refractivity contribution in [2.24, 2.45) is 0 Å². The van der Waals surface area contributed by atoms with Gasteiger partial charge in [-0.05, 0) is 29.8 Å². The van der Waals surface area contributed by atoms with Gasteiger partial charge in [0.2, 0.25) is 0 Å². The Kier molecular flexibility index (Phi) is 4.04. The molecule has 0 atom stereocenters. The molecular weight excluding hydrogens is 233 g/mol. The lowest BCUT2D eigenvalue weighted by molar-refractivity contribution is 0.0233. The molecule has 0 saturated heterocycles. The molecule has 0 aliphatic carbocycles. The van der Waals surface area contributed by atoms with Crippen LogP contribution in [0.1, 0.15) is 15.9 Å². The number of carbonyl (C=O) groups excluding carboxylic acids is 1. The van der Waals surface area contributed by atoms with E-state index in [1.807, 2.05) is 30.3 Å². The highest BCUT2D eigenvalue weighted by molar-refractivity contribution is 5.93. The van der Waals surface area contributed by atoms with E-state index in [0.717, 1.165) is 5.56 Å². The number of amides is 1. The number of rotatable bonds is 4. The van der Waals surface area contributed by atoms with Crippen molar-refractivity contribution in [2.45, 2.75) is 6.61 Å². The molecule has 0 aliphatic heterocycles. The third-order valence-electron chi connectivity index (χ3n) is 2.35. The molecular formula is C14H12FNO2. The van der Waals surface area contributed by atoms with E-state index in [9.17, 15) is 9.18 Å². The van der Waals surface area contributed by atoms with Gasteiger partial charge in [0.05, 0.1) is 6.61 Å². The van der Waals surface area contributed by atoms with Gasteiger partial charge in [-0.1, -0.05) is 30.3 Å². The first-order valence-electron chi connectivity index (χ1n) is 5.47. The molecule has 4 heteroatoms. The van der Waals surface area contributed by atoms with E-state index in [4.69, 9.17) is 4.84 Å². The molecule has 0 aliphatic rings. The van der Waals surface area contributed by atoms with Crippen molar-refractivity contribution in [1.82, 2.24) is 5.48 Å². The molecule has 2 aromatic carbocycles. The second-order valence-corrected chi connectivity index (χ2v) is 3.71. The highest BCUT2D eigenvalue weighted by atomic mass is 19.1. The monoisotopic (exact) mass is 245 g/mol. The molecule has 0 radical (unpaired) electrons. The SMILES string of the molecule is O=C(NOCc1ccccc1)c1ccc(F)cc1. The van der Waals surface area contributed by atoms with Gasteiger partial charge in [0.15, 0.2) is 0 Å². The number of nitrogens with one attached hydrogen (secondary N) is 1. The molecule has 92 valence electrons. The number of carbonyl (C=O) groups is 1. The summed E-state index contributed by atoms with van der Waals surface area (Å²) >= 11 is 0. The number of hydrogen-bond acceptors (Lipinski definition) is 2. The number of hydrogen-bond donors (Lipinski definition) is 1. The minimum Gasteiger partial charge on any atom is -0.269 e. The summed E-state index contributed by atoms with van der Waals surface area (Å²) < 4.78 is 12.7. The first-order chi connectivity index (χ1) is 8.75. The van der Waals surface area contributed by atoms with Crippen LogP contribution in [-0.4, -0.2) is 5.91 Å². The molecule has 1 N–H and O–H groups in total. The summed E-state index contributed by atoms with van der Waals surface area (Å²) in [6.07, 6.45) is 0. The van der Waals surface area contributed by atoms with Crippen LogP contribution in [0.5, 0.6) is 0 Å². The molecule has 2 aromatic rings. The summed E-state index contributed by atoms with van der Waals surface area (Å²) in [6, 6.07) is 14.7. The Bertz CT molecular complexity index is 511. The molecule has 1 amide bonds. The smallest absolute Gasteiger partial charge is 0.269 e. The van der Waals surface area contributed by atoms with Gasteiger partial charge in [0.1, 0.15) is 5.82 Å². The van der Waals surface area contributed by atoms with Gasteiger partial charge < -0.3 is 0 Å². The normalized spacial score (nSPS) is 10.1. The van der Waals surface area contributed by atoms with Gasteiger partial charge in [0, 0.05) is 5.56 Å². The first kappa shape index (κ1) is 12.3. The molecule has 0 aromatic heterocycles. The van der Waals surface area contributed by atoms with E-state index in [0.29, 0.717) is 5.56 Å².